The van der Waals surface area contributed by atoms with Gasteiger partial charge in [0.05, 0.1) is 4.92 Å². The molecular weight excluding hydrogens is 358 g/mol. The third-order valence-electron chi connectivity index (χ3n) is 4.38. The Hall–Kier alpha value is -2.93. The molecule has 0 spiro atoms. The van der Waals surface area contributed by atoms with Crippen LogP contribution in [0.25, 0.3) is 0 Å². The van der Waals surface area contributed by atoms with Crippen LogP contribution >= 0.6 is 11.6 Å². The number of halogens is 1. The molecule has 7 nitrogen and oxygen atoms in total. The number of nitro groups is 1. The molecule has 2 amide bonds. The van der Waals surface area contributed by atoms with Gasteiger partial charge in [-0.15, -0.1) is 0 Å². The van der Waals surface area contributed by atoms with Gasteiger partial charge in [0.25, 0.3) is 11.6 Å². The van der Waals surface area contributed by atoms with Gasteiger partial charge >= 0.3 is 0 Å². The van der Waals surface area contributed by atoms with Gasteiger partial charge in [-0.2, -0.15) is 0 Å². The first-order chi connectivity index (χ1) is 12.4. The van der Waals surface area contributed by atoms with E-state index in [1.807, 2.05) is 0 Å². The zero-order valence-corrected chi connectivity index (χ0v) is 14.7. The lowest BCUT2D eigenvalue weighted by Gasteiger charge is -2.39. The summed E-state index contributed by atoms with van der Waals surface area (Å²) in [7, 11) is 0. The van der Waals surface area contributed by atoms with Crippen molar-refractivity contribution in [1.29, 1.82) is 0 Å². The van der Waals surface area contributed by atoms with Crippen LogP contribution in [0, 0.1) is 10.1 Å². The Balaban J connectivity index is 1.76. The summed E-state index contributed by atoms with van der Waals surface area (Å²) in [5, 5.41) is 11.3. The van der Waals surface area contributed by atoms with E-state index in [0.717, 1.165) is 5.69 Å². The zero-order chi connectivity index (χ0) is 18.8. The minimum absolute atomic E-state index is 0.0850. The summed E-state index contributed by atoms with van der Waals surface area (Å²) in [4.78, 5) is 38.7. The van der Waals surface area contributed by atoms with Crippen molar-refractivity contribution in [3.63, 3.8) is 0 Å². The molecule has 0 N–H and O–H groups in total. The summed E-state index contributed by atoms with van der Waals surface area (Å²) in [6.07, 6.45) is 0. The first-order valence-corrected chi connectivity index (χ1v) is 8.38. The van der Waals surface area contributed by atoms with Gasteiger partial charge in [0.1, 0.15) is 6.04 Å². The van der Waals surface area contributed by atoms with Gasteiger partial charge < -0.3 is 9.80 Å². The Labute approximate surface area is 154 Å². The molecule has 1 heterocycles. The summed E-state index contributed by atoms with van der Waals surface area (Å²) >= 11 is 5.88. The molecular formula is C18H16ClN3O4. The molecule has 26 heavy (non-hydrogen) atoms. The van der Waals surface area contributed by atoms with Gasteiger partial charge in [-0.1, -0.05) is 11.6 Å². The number of hydrogen-bond donors (Lipinski definition) is 0. The summed E-state index contributed by atoms with van der Waals surface area (Å²) in [6.45, 7) is 2.41. The van der Waals surface area contributed by atoms with Crippen LogP contribution < -0.4 is 4.90 Å². The van der Waals surface area contributed by atoms with E-state index in [-0.39, 0.29) is 17.5 Å². The molecule has 0 aliphatic carbocycles. The average Bonchev–Trinajstić information content (AvgIpc) is 2.64. The van der Waals surface area contributed by atoms with Crippen LogP contribution in [0.4, 0.5) is 11.4 Å². The van der Waals surface area contributed by atoms with E-state index in [9.17, 15) is 19.7 Å². The summed E-state index contributed by atoms with van der Waals surface area (Å²) in [5.41, 5.74) is 0.960. The van der Waals surface area contributed by atoms with Crippen molar-refractivity contribution < 1.29 is 14.5 Å². The number of carbonyl (C=O) groups is 2. The molecule has 8 heteroatoms. The number of nitro benzene ring substituents is 1. The highest BCUT2D eigenvalue weighted by Gasteiger charge is 2.35. The van der Waals surface area contributed by atoms with Crippen molar-refractivity contribution in [3.8, 4) is 0 Å². The van der Waals surface area contributed by atoms with Crippen molar-refractivity contribution in [2.45, 2.75) is 13.0 Å². The van der Waals surface area contributed by atoms with Gasteiger partial charge in [0, 0.05) is 41.5 Å². The summed E-state index contributed by atoms with van der Waals surface area (Å²) < 4.78 is 0. The van der Waals surface area contributed by atoms with E-state index < -0.39 is 11.0 Å². The molecule has 0 aromatic heterocycles. The van der Waals surface area contributed by atoms with Crippen molar-refractivity contribution in [1.82, 2.24) is 4.90 Å². The molecule has 2 aromatic rings. The molecule has 0 saturated carbocycles. The van der Waals surface area contributed by atoms with Crippen molar-refractivity contribution >= 4 is 34.8 Å². The Kier molecular flexibility index (Phi) is 4.90. The second kappa shape index (κ2) is 7.13. The highest BCUT2D eigenvalue weighted by Crippen LogP contribution is 2.24. The molecule has 2 aromatic carbocycles. The van der Waals surface area contributed by atoms with Crippen LogP contribution in [0.3, 0.4) is 0 Å². The number of rotatable bonds is 3. The van der Waals surface area contributed by atoms with E-state index in [1.165, 1.54) is 29.2 Å². The fourth-order valence-corrected chi connectivity index (χ4v) is 3.04. The lowest BCUT2D eigenvalue weighted by Crippen LogP contribution is -2.57. The minimum Gasteiger partial charge on any atom is -0.325 e. The minimum atomic E-state index is -0.637. The van der Waals surface area contributed by atoms with Crippen LogP contribution in [-0.2, 0) is 4.79 Å². The smallest absolute Gasteiger partial charge is 0.269 e. The van der Waals surface area contributed by atoms with Crippen LogP contribution in [-0.4, -0.2) is 40.8 Å². The number of amides is 2. The van der Waals surface area contributed by atoms with Gasteiger partial charge in [0.2, 0.25) is 5.91 Å². The molecule has 1 aliphatic heterocycles. The Morgan fingerprint density at radius 3 is 2.31 bits per heavy atom. The maximum Gasteiger partial charge on any atom is 0.269 e. The highest BCUT2D eigenvalue weighted by molar-refractivity contribution is 6.30. The largest absolute Gasteiger partial charge is 0.325 e. The predicted molar refractivity (Wildman–Crippen MR) is 97.4 cm³/mol. The quantitative estimate of drug-likeness (QED) is 0.611. The molecule has 134 valence electrons. The maximum absolute atomic E-state index is 12.7. The third kappa shape index (κ3) is 3.39. The average molecular weight is 374 g/mol. The van der Waals surface area contributed by atoms with Crippen molar-refractivity contribution in [3.05, 3.63) is 69.2 Å². The SMILES string of the molecule is CC1C(=O)N(c2ccc(Cl)cc2)CCN1C(=O)c1ccc([N+](=O)[O-])cc1. The lowest BCUT2D eigenvalue weighted by molar-refractivity contribution is -0.384. The second-order valence-electron chi connectivity index (χ2n) is 5.94. The normalized spacial score (nSPS) is 17.3. The van der Waals surface area contributed by atoms with Crippen LogP contribution in [0.5, 0.6) is 0 Å². The number of hydrogen-bond acceptors (Lipinski definition) is 4. The lowest BCUT2D eigenvalue weighted by atomic mass is 10.1. The standard InChI is InChI=1S/C18H16ClN3O4/c1-12-17(23)21(15-8-4-14(19)5-9-15)11-10-20(12)18(24)13-2-6-16(7-3-13)22(25)26/h2-9,12H,10-11H2,1H3. The van der Waals surface area contributed by atoms with Crippen molar-refractivity contribution in [2.75, 3.05) is 18.0 Å². The van der Waals surface area contributed by atoms with Crippen LogP contribution in [0.15, 0.2) is 48.5 Å². The van der Waals surface area contributed by atoms with E-state index in [4.69, 9.17) is 11.6 Å². The van der Waals surface area contributed by atoms with Gasteiger partial charge in [-0.25, -0.2) is 0 Å². The Morgan fingerprint density at radius 1 is 1.12 bits per heavy atom. The van der Waals surface area contributed by atoms with E-state index in [0.29, 0.717) is 23.7 Å². The number of non-ortho nitro benzene ring substituents is 1. The van der Waals surface area contributed by atoms with E-state index in [2.05, 4.69) is 0 Å². The number of piperazine rings is 1. The van der Waals surface area contributed by atoms with E-state index in [1.54, 1.807) is 36.1 Å². The molecule has 1 atom stereocenters. The molecule has 3 rings (SSSR count). The Morgan fingerprint density at radius 2 is 1.73 bits per heavy atom. The highest BCUT2D eigenvalue weighted by atomic mass is 35.5. The third-order valence-corrected chi connectivity index (χ3v) is 4.63. The van der Waals surface area contributed by atoms with Crippen LogP contribution in [0.1, 0.15) is 17.3 Å². The Bertz CT molecular complexity index is 852. The second-order valence-corrected chi connectivity index (χ2v) is 6.38. The molecule has 1 aliphatic rings. The van der Waals surface area contributed by atoms with E-state index >= 15 is 0 Å². The number of anilines is 1. The van der Waals surface area contributed by atoms with Gasteiger partial charge in [-0.3, -0.25) is 19.7 Å². The first kappa shape index (κ1) is 17.9. The summed E-state index contributed by atoms with van der Waals surface area (Å²) in [6, 6.07) is 11.7. The van der Waals surface area contributed by atoms with Crippen molar-refractivity contribution in [2.24, 2.45) is 0 Å². The molecule has 0 bridgehead atoms. The maximum atomic E-state index is 12.7. The molecule has 1 saturated heterocycles. The fourth-order valence-electron chi connectivity index (χ4n) is 2.92. The molecule has 1 unspecified atom stereocenters. The number of nitrogens with zero attached hydrogens (tertiary/aromatic N) is 3. The number of carbonyl (C=O) groups excluding carboxylic acids is 2. The zero-order valence-electron chi connectivity index (χ0n) is 14.0. The number of benzene rings is 2. The fraction of sp³-hybridized carbons (Fsp3) is 0.222. The summed E-state index contributed by atoms with van der Waals surface area (Å²) in [5.74, 6) is -0.509. The van der Waals surface area contributed by atoms with Crippen LogP contribution in [0.2, 0.25) is 5.02 Å². The molecule has 1 fully saturated rings. The first-order valence-electron chi connectivity index (χ1n) is 8.01. The monoisotopic (exact) mass is 373 g/mol. The van der Waals surface area contributed by atoms with Gasteiger partial charge in [0.15, 0.2) is 0 Å². The van der Waals surface area contributed by atoms with Gasteiger partial charge in [-0.05, 0) is 43.3 Å². The topological polar surface area (TPSA) is 83.8 Å². The molecule has 0 radical (unpaired) electrons. The predicted octanol–water partition coefficient (Wildman–Crippen LogP) is 3.13.